The molecule has 2 fully saturated rings. The monoisotopic (exact) mass is 259 g/mol. The number of anilines is 1. The average molecular weight is 259 g/mol. The fraction of sp³-hybridized carbons (Fsp3) is 0.571. The molecule has 1 saturated heterocycles. The van der Waals surface area contributed by atoms with Crippen molar-refractivity contribution in [2.75, 3.05) is 18.0 Å². The number of aryl methyl sites for hydroxylation is 1. The molecule has 1 aromatic heterocycles. The summed E-state index contributed by atoms with van der Waals surface area (Å²) in [5.74, 6) is 1.29. The van der Waals surface area contributed by atoms with Gasteiger partial charge in [-0.15, -0.1) is 0 Å². The van der Waals surface area contributed by atoms with E-state index in [1.165, 1.54) is 18.5 Å². The zero-order chi connectivity index (χ0) is 12.5. The number of pyridine rings is 1. The van der Waals surface area contributed by atoms with Crippen molar-refractivity contribution in [3.8, 4) is 0 Å². The summed E-state index contributed by atoms with van der Waals surface area (Å²) in [5, 5.41) is 2.58. The molecule has 94 valence electrons. The third-order valence-corrected chi connectivity index (χ3v) is 4.34. The molecular weight excluding hydrogens is 242 g/mol. The van der Waals surface area contributed by atoms with Gasteiger partial charge in [0.05, 0.1) is 11.2 Å². The van der Waals surface area contributed by atoms with E-state index in [0.717, 1.165) is 18.8 Å². The van der Waals surface area contributed by atoms with Crippen molar-refractivity contribution in [3.63, 3.8) is 0 Å². The van der Waals surface area contributed by atoms with Crippen molar-refractivity contribution in [2.45, 2.75) is 25.8 Å². The molecule has 0 aromatic carbocycles. The summed E-state index contributed by atoms with van der Waals surface area (Å²) in [6, 6.07) is 4.69. The van der Waals surface area contributed by atoms with Crippen molar-refractivity contribution in [1.29, 1.82) is 0 Å². The van der Waals surface area contributed by atoms with Gasteiger partial charge < -0.3 is 4.90 Å². The van der Waals surface area contributed by atoms with Gasteiger partial charge in [0.25, 0.3) is 0 Å². The fourth-order valence-corrected chi connectivity index (χ4v) is 3.53. The molecule has 3 atom stereocenters. The van der Waals surface area contributed by atoms with Gasteiger partial charge in [-0.25, -0.2) is 4.99 Å². The van der Waals surface area contributed by atoms with Crippen molar-refractivity contribution >= 4 is 23.1 Å². The van der Waals surface area contributed by atoms with Crippen LogP contribution in [0.5, 0.6) is 0 Å². The van der Waals surface area contributed by atoms with Crippen LogP contribution in [0.15, 0.2) is 23.3 Å². The third-order valence-electron chi connectivity index (χ3n) is 4.23. The molecule has 0 amide bonds. The Morgan fingerprint density at radius 3 is 2.72 bits per heavy atom. The summed E-state index contributed by atoms with van der Waals surface area (Å²) in [6.07, 6.45) is 4.45. The van der Waals surface area contributed by atoms with Crippen LogP contribution in [0.4, 0.5) is 5.69 Å². The van der Waals surface area contributed by atoms with Crippen LogP contribution in [0.2, 0.25) is 0 Å². The lowest BCUT2D eigenvalue weighted by Crippen LogP contribution is -2.44. The van der Waals surface area contributed by atoms with Gasteiger partial charge in [0.2, 0.25) is 0 Å². The number of rotatable bonds is 2. The first-order valence-corrected chi connectivity index (χ1v) is 6.93. The van der Waals surface area contributed by atoms with E-state index in [1.54, 1.807) is 0 Å². The second kappa shape index (κ2) is 4.79. The van der Waals surface area contributed by atoms with E-state index in [9.17, 15) is 0 Å². The van der Waals surface area contributed by atoms with E-state index in [0.29, 0.717) is 17.9 Å². The SMILES string of the molecule is Cc1cc(N2C[C@H]3CC[C@@H](C2)C3N=C=S)ccn1. The van der Waals surface area contributed by atoms with Crippen molar-refractivity contribution in [3.05, 3.63) is 24.0 Å². The van der Waals surface area contributed by atoms with Gasteiger partial charge in [0, 0.05) is 30.7 Å². The molecule has 1 unspecified atom stereocenters. The molecule has 1 aliphatic heterocycles. The highest BCUT2D eigenvalue weighted by atomic mass is 32.1. The molecule has 1 aliphatic carbocycles. The summed E-state index contributed by atoms with van der Waals surface area (Å²) in [7, 11) is 0. The topological polar surface area (TPSA) is 28.5 Å². The molecule has 18 heavy (non-hydrogen) atoms. The zero-order valence-electron chi connectivity index (χ0n) is 10.5. The number of piperidine rings is 1. The first-order chi connectivity index (χ1) is 8.78. The summed E-state index contributed by atoms with van der Waals surface area (Å²) in [6.45, 7) is 4.22. The lowest BCUT2D eigenvalue weighted by Gasteiger charge is -2.37. The van der Waals surface area contributed by atoms with Gasteiger partial charge in [-0.05, 0) is 56.0 Å². The van der Waals surface area contributed by atoms with Gasteiger partial charge >= 0.3 is 0 Å². The fourth-order valence-electron chi connectivity index (χ4n) is 3.40. The molecule has 2 bridgehead atoms. The van der Waals surface area contributed by atoms with Crippen LogP contribution in [0.3, 0.4) is 0 Å². The molecule has 2 aliphatic rings. The summed E-state index contributed by atoms with van der Waals surface area (Å²) >= 11 is 4.77. The Kier molecular flexibility index (Phi) is 3.14. The standard InChI is InChI=1S/C14H17N3S/c1-10-6-13(4-5-15-10)17-7-11-2-3-12(8-17)14(11)16-9-18/h4-6,11-12,14H,2-3,7-8H2,1H3/t11-,12+,14?. The Labute approximate surface area is 113 Å². The van der Waals surface area contributed by atoms with E-state index in [2.05, 4.69) is 32.2 Å². The maximum atomic E-state index is 4.77. The van der Waals surface area contributed by atoms with Gasteiger partial charge in [0.15, 0.2) is 0 Å². The lowest BCUT2D eigenvalue weighted by atomic mass is 9.92. The number of hydrogen-bond acceptors (Lipinski definition) is 4. The number of aromatic nitrogens is 1. The number of hydrogen-bond donors (Lipinski definition) is 0. The Morgan fingerprint density at radius 2 is 2.11 bits per heavy atom. The van der Waals surface area contributed by atoms with Crippen molar-refractivity contribution in [2.24, 2.45) is 16.8 Å². The molecule has 1 saturated carbocycles. The van der Waals surface area contributed by atoms with E-state index >= 15 is 0 Å². The van der Waals surface area contributed by atoms with Gasteiger partial charge in [-0.2, -0.15) is 0 Å². The molecule has 0 radical (unpaired) electrons. The molecule has 4 heteroatoms. The smallest absolute Gasteiger partial charge is 0.0692 e. The maximum Gasteiger partial charge on any atom is 0.0692 e. The minimum absolute atomic E-state index is 0.418. The highest BCUT2D eigenvalue weighted by molar-refractivity contribution is 7.78. The van der Waals surface area contributed by atoms with Gasteiger partial charge in [0.1, 0.15) is 0 Å². The number of nitrogens with zero attached hydrogens (tertiary/aromatic N) is 3. The largest absolute Gasteiger partial charge is 0.371 e. The van der Waals surface area contributed by atoms with Gasteiger partial charge in [-0.3, -0.25) is 4.98 Å². The Balaban J connectivity index is 1.81. The lowest BCUT2D eigenvalue weighted by molar-refractivity contribution is 0.360. The number of fused-ring (bicyclic) bond motifs is 2. The first-order valence-electron chi connectivity index (χ1n) is 6.52. The second-order valence-electron chi connectivity index (χ2n) is 5.37. The second-order valence-corrected chi connectivity index (χ2v) is 5.55. The highest BCUT2D eigenvalue weighted by Gasteiger charge is 2.41. The molecule has 0 spiro atoms. The first kappa shape index (κ1) is 11.8. The third kappa shape index (κ3) is 2.06. The van der Waals surface area contributed by atoms with E-state index < -0.39 is 0 Å². The minimum atomic E-state index is 0.418. The highest BCUT2D eigenvalue weighted by Crippen LogP contribution is 2.40. The predicted molar refractivity (Wildman–Crippen MR) is 76.2 cm³/mol. The molecule has 0 N–H and O–H groups in total. The van der Waals surface area contributed by atoms with E-state index in [4.69, 9.17) is 12.2 Å². The number of isothiocyanates is 1. The van der Waals surface area contributed by atoms with Crippen LogP contribution in [-0.4, -0.2) is 29.3 Å². The maximum absolute atomic E-state index is 4.77. The van der Waals surface area contributed by atoms with Crippen LogP contribution in [0.1, 0.15) is 18.5 Å². The average Bonchev–Trinajstić information content (AvgIpc) is 2.62. The molecule has 2 heterocycles. The number of thiocarbonyl (C=S) groups is 1. The van der Waals surface area contributed by atoms with Crippen LogP contribution in [0, 0.1) is 18.8 Å². The molecule has 3 rings (SSSR count). The quantitative estimate of drug-likeness (QED) is 0.604. The van der Waals surface area contributed by atoms with Crippen molar-refractivity contribution in [1.82, 2.24) is 4.98 Å². The minimum Gasteiger partial charge on any atom is -0.371 e. The Morgan fingerprint density at radius 1 is 1.39 bits per heavy atom. The van der Waals surface area contributed by atoms with Crippen LogP contribution in [0.25, 0.3) is 0 Å². The number of aliphatic imine (C=N–C) groups is 1. The van der Waals surface area contributed by atoms with Crippen LogP contribution < -0.4 is 4.90 Å². The Bertz CT molecular complexity index is 482. The summed E-state index contributed by atoms with van der Waals surface area (Å²) in [5.41, 5.74) is 2.38. The van der Waals surface area contributed by atoms with E-state index in [-0.39, 0.29) is 0 Å². The van der Waals surface area contributed by atoms with Gasteiger partial charge in [-0.1, -0.05) is 0 Å². The summed E-state index contributed by atoms with van der Waals surface area (Å²) < 4.78 is 0. The zero-order valence-corrected chi connectivity index (χ0v) is 11.4. The predicted octanol–water partition coefficient (Wildman–Crippen LogP) is 2.71. The Hall–Kier alpha value is -1.25. The van der Waals surface area contributed by atoms with Crippen LogP contribution in [-0.2, 0) is 0 Å². The molecular formula is C14H17N3S. The van der Waals surface area contributed by atoms with Crippen LogP contribution >= 0.6 is 12.2 Å². The normalized spacial score (nSPS) is 30.1. The summed E-state index contributed by atoms with van der Waals surface area (Å²) in [4.78, 5) is 11.1. The van der Waals surface area contributed by atoms with Crippen molar-refractivity contribution < 1.29 is 0 Å². The van der Waals surface area contributed by atoms with E-state index in [1.807, 2.05) is 13.1 Å². The molecule has 1 aromatic rings. The molecule has 3 nitrogen and oxygen atoms in total.